The van der Waals surface area contributed by atoms with Crippen molar-refractivity contribution in [2.75, 3.05) is 6.54 Å². The van der Waals surface area contributed by atoms with Gasteiger partial charge >= 0.3 is 0 Å². The molecule has 0 spiro atoms. The molecule has 1 unspecified atom stereocenters. The minimum atomic E-state index is 0.432. The van der Waals surface area contributed by atoms with Crippen molar-refractivity contribution >= 4 is 27.5 Å². The van der Waals surface area contributed by atoms with Crippen molar-refractivity contribution in [3.63, 3.8) is 0 Å². The van der Waals surface area contributed by atoms with Crippen LogP contribution in [0.2, 0.25) is 5.02 Å². The molecule has 0 aliphatic rings. The number of rotatable bonds is 11. The number of unbranched alkanes of at least 4 members (excludes halogenated alkanes) is 5. The van der Waals surface area contributed by atoms with Gasteiger partial charge in [-0.05, 0) is 53.0 Å². The fraction of sp³-hybridized carbons (Fsp3) is 0.667. The molecule has 21 heavy (non-hydrogen) atoms. The normalized spacial score (nSPS) is 12.6. The van der Waals surface area contributed by atoms with Gasteiger partial charge in [-0.15, -0.1) is 0 Å². The molecule has 0 saturated carbocycles. The van der Waals surface area contributed by atoms with Crippen LogP contribution >= 0.6 is 27.5 Å². The summed E-state index contributed by atoms with van der Waals surface area (Å²) in [5, 5.41) is 4.46. The van der Waals surface area contributed by atoms with Crippen LogP contribution in [0.25, 0.3) is 0 Å². The van der Waals surface area contributed by atoms with Crippen molar-refractivity contribution < 1.29 is 0 Å². The van der Waals surface area contributed by atoms with E-state index in [9.17, 15) is 0 Å². The maximum atomic E-state index is 6.24. The van der Waals surface area contributed by atoms with Gasteiger partial charge < -0.3 is 5.32 Å². The summed E-state index contributed by atoms with van der Waals surface area (Å²) < 4.78 is 0.974. The van der Waals surface area contributed by atoms with Gasteiger partial charge in [0, 0.05) is 10.5 Å². The van der Waals surface area contributed by atoms with Crippen molar-refractivity contribution in [1.29, 1.82) is 0 Å². The zero-order valence-corrected chi connectivity index (χ0v) is 15.8. The predicted octanol–water partition coefficient (Wildman–Crippen LogP) is 6.89. The molecule has 0 aliphatic carbocycles. The zero-order chi connectivity index (χ0) is 15.5. The summed E-state index contributed by atoms with van der Waals surface area (Å²) in [6, 6.07) is 6.76. The van der Waals surface area contributed by atoms with Gasteiger partial charge in [-0.1, -0.05) is 70.0 Å². The molecule has 0 amide bonds. The highest BCUT2D eigenvalue weighted by Gasteiger charge is 2.11. The van der Waals surface area contributed by atoms with Gasteiger partial charge in [0.2, 0.25) is 0 Å². The largest absolute Gasteiger partial charge is 0.310 e. The van der Waals surface area contributed by atoms with Crippen molar-refractivity contribution in [1.82, 2.24) is 5.32 Å². The summed E-state index contributed by atoms with van der Waals surface area (Å²) in [5.41, 5.74) is 1.31. The molecule has 1 aromatic carbocycles. The average Bonchev–Trinajstić information content (AvgIpc) is 2.49. The van der Waals surface area contributed by atoms with Crippen LogP contribution in [0, 0.1) is 0 Å². The standard InChI is InChI=1S/C18H29BrClN/c1-3-5-6-7-8-9-10-18(21-13-4-2)15-11-12-16(19)17(20)14-15/h11-12,14,18,21H,3-10,13H2,1-2H3. The molecule has 0 heterocycles. The monoisotopic (exact) mass is 373 g/mol. The van der Waals surface area contributed by atoms with E-state index in [4.69, 9.17) is 11.6 Å². The first-order valence-corrected chi connectivity index (χ1v) is 9.54. The van der Waals surface area contributed by atoms with Crippen LogP contribution in [0.4, 0.5) is 0 Å². The minimum Gasteiger partial charge on any atom is -0.310 e. The molecule has 1 N–H and O–H groups in total. The second kappa shape index (κ2) is 11.5. The van der Waals surface area contributed by atoms with E-state index < -0.39 is 0 Å². The molecule has 1 atom stereocenters. The lowest BCUT2D eigenvalue weighted by atomic mass is 9.99. The lowest BCUT2D eigenvalue weighted by Gasteiger charge is -2.19. The van der Waals surface area contributed by atoms with Crippen molar-refractivity contribution in [3.8, 4) is 0 Å². The lowest BCUT2D eigenvalue weighted by molar-refractivity contribution is 0.466. The Labute approximate surface area is 144 Å². The van der Waals surface area contributed by atoms with Crippen LogP contribution in [0.15, 0.2) is 22.7 Å². The first-order valence-electron chi connectivity index (χ1n) is 8.37. The first-order chi connectivity index (χ1) is 10.2. The van der Waals surface area contributed by atoms with Crippen LogP contribution in [0.1, 0.15) is 76.8 Å². The smallest absolute Gasteiger partial charge is 0.0551 e. The lowest BCUT2D eigenvalue weighted by Crippen LogP contribution is -2.22. The average molecular weight is 375 g/mol. The summed E-state index contributed by atoms with van der Waals surface area (Å²) in [4.78, 5) is 0. The van der Waals surface area contributed by atoms with Crippen LogP contribution < -0.4 is 5.32 Å². The number of hydrogen-bond acceptors (Lipinski definition) is 1. The number of halogens is 2. The molecule has 1 aromatic rings. The molecule has 0 bridgehead atoms. The molecule has 0 aromatic heterocycles. The second-order valence-electron chi connectivity index (χ2n) is 5.74. The van der Waals surface area contributed by atoms with Gasteiger partial charge in [0.1, 0.15) is 0 Å². The van der Waals surface area contributed by atoms with E-state index in [1.165, 1.54) is 50.5 Å². The number of benzene rings is 1. The maximum absolute atomic E-state index is 6.24. The van der Waals surface area contributed by atoms with E-state index in [0.29, 0.717) is 6.04 Å². The van der Waals surface area contributed by atoms with E-state index in [1.54, 1.807) is 0 Å². The van der Waals surface area contributed by atoms with Crippen molar-refractivity contribution in [3.05, 3.63) is 33.3 Å². The Morgan fingerprint density at radius 2 is 1.76 bits per heavy atom. The summed E-state index contributed by atoms with van der Waals surface area (Å²) in [5.74, 6) is 0. The maximum Gasteiger partial charge on any atom is 0.0551 e. The number of hydrogen-bond donors (Lipinski definition) is 1. The topological polar surface area (TPSA) is 12.0 Å². The zero-order valence-electron chi connectivity index (χ0n) is 13.4. The van der Waals surface area contributed by atoms with Crippen molar-refractivity contribution in [2.45, 2.75) is 71.3 Å². The molecule has 0 aliphatic heterocycles. The highest BCUT2D eigenvalue weighted by atomic mass is 79.9. The van der Waals surface area contributed by atoms with Gasteiger partial charge in [-0.2, -0.15) is 0 Å². The Morgan fingerprint density at radius 3 is 2.43 bits per heavy atom. The molecule has 120 valence electrons. The molecule has 0 saturated heterocycles. The Bertz CT molecular complexity index is 395. The van der Waals surface area contributed by atoms with Gasteiger partial charge in [-0.25, -0.2) is 0 Å². The minimum absolute atomic E-state index is 0.432. The molecule has 0 fully saturated rings. The summed E-state index contributed by atoms with van der Waals surface area (Å²) in [6.07, 6.45) is 10.4. The fourth-order valence-electron chi connectivity index (χ4n) is 2.56. The van der Waals surface area contributed by atoms with Gasteiger partial charge in [0.25, 0.3) is 0 Å². The van der Waals surface area contributed by atoms with E-state index >= 15 is 0 Å². The van der Waals surface area contributed by atoms with Crippen LogP contribution in [0.5, 0.6) is 0 Å². The first kappa shape index (κ1) is 19.0. The molecule has 0 radical (unpaired) electrons. The highest BCUT2D eigenvalue weighted by molar-refractivity contribution is 9.10. The Hall–Kier alpha value is -0.0500. The predicted molar refractivity (Wildman–Crippen MR) is 98.2 cm³/mol. The van der Waals surface area contributed by atoms with Gasteiger partial charge in [0.15, 0.2) is 0 Å². The van der Waals surface area contributed by atoms with Gasteiger partial charge in [0.05, 0.1) is 5.02 Å². The van der Waals surface area contributed by atoms with Crippen molar-refractivity contribution in [2.24, 2.45) is 0 Å². The number of nitrogens with one attached hydrogen (secondary N) is 1. The third kappa shape index (κ3) is 7.67. The third-order valence-electron chi connectivity index (χ3n) is 3.83. The van der Waals surface area contributed by atoms with E-state index in [-0.39, 0.29) is 0 Å². The van der Waals surface area contributed by atoms with Crippen LogP contribution in [-0.4, -0.2) is 6.54 Å². The Kier molecular flexibility index (Phi) is 10.4. The van der Waals surface area contributed by atoms with Crippen LogP contribution in [0.3, 0.4) is 0 Å². The van der Waals surface area contributed by atoms with Gasteiger partial charge in [-0.3, -0.25) is 0 Å². The second-order valence-corrected chi connectivity index (χ2v) is 7.00. The fourth-order valence-corrected chi connectivity index (χ4v) is 3.00. The summed E-state index contributed by atoms with van der Waals surface area (Å²) in [7, 11) is 0. The van der Waals surface area contributed by atoms with E-state index in [1.807, 2.05) is 0 Å². The molecule has 1 nitrogen and oxygen atoms in total. The molecule has 1 rings (SSSR count). The summed E-state index contributed by atoms with van der Waals surface area (Å²) in [6.45, 7) is 5.54. The highest BCUT2D eigenvalue weighted by Crippen LogP contribution is 2.28. The van der Waals surface area contributed by atoms with E-state index in [0.717, 1.165) is 22.5 Å². The van der Waals surface area contributed by atoms with E-state index in [2.05, 4.69) is 53.3 Å². The molecule has 3 heteroatoms. The Morgan fingerprint density at radius 1 is 1.05 bits per heavy atom. The summed E-state index contributed by atoms with van der Waals surface area (Å²) >= 11 is 9.70. The third-order valence-corrected chi connectivity index (χ3v) is 5.07. The molecular weight excluding hydrogens is 346 g/mol. The Balaban J connectivity index is 2.48. The molecular formula is C18H29BrClN. The quantitative estimate of drug-likeness (QED) is 0.416. The SMILES string of the molecule is CCCCCCCCC(NCCC)c1ccc(Br)c(Cl)c1. The van der Waals surface area contributed by atoms with Crippen LogP contribution in [-0.2, 0) is 0 Å².